The second-order valence-corrected chi connectivity index (χ2v) is 4.14. The molecule has 8 heteroatoms. The minimum Gasteiger partial charge on any atom is -0.476 e. The molecule has 0 aliphatic heterocycles. The lowest BCUT2D eigenvalue weighted by Gasteiger charge is -2.18. The molecule has 100 valence electrons. The van der Waals surface area contributed by atoms with E-state index in [4.69, 9.17) is 4.74 Å². The first-order valence-electron chi connectivity index (χ1n) is 5.40. The maximum atomic E-state index is 11.0. The van der Waals surface area contributed by atoms with E-state index in [0.717, 1.165) is 6.54 Å². The molecule has 0 aliphatic rings. The molecule has 0 aliphatic carbocycles. The van der Waals surface area contributed by atoms with E-state index in [2.05, 4.69) is 15.3 Å². The molecule has 0 bridgehead atoms. The van der Waals surface area contributed by atoms with E-state index in [9.17, 15) is 10.1 Å². The largest absolute Gasteiger partial charge is 0.476 e. The molecule has 1 aromatic heterocycles. The van der Waals surface area contributed by atoms with Crippen molar-refractivity contribution >= 4 is 11.5 Å². The van der Waals surface area contributed by atoms with E-state index < -0.39 is 4.92 Å². The van der Waals surface area contributed by atoms with Crippen LogP contribution in [-0.4, -0.2) is 53.6 Å². The predicted octanol–water partition coefficient (Wildman–Crippen LogP) is 0.755. The Morgan fingerprint density at radius 2 is 2.22 bits per heavy atom. The maximum absolute atomic E-state index is 11.0. The molecule has 0 radical (unpaired) electrons. The zero-order valence-electron chi connectivity index (χ0n) is 10.9. The van der Waals surface area contributed by atoms with Gasteiger partial charge in [0.1, 0.15) is 6.33 Å². The molecule has 1 atom stereocenters. The SMILES string of the molecule is COc1ncnc(NC(C)CN(C)C)c1[N+](=O)[O-]. The number of likely N-dealkylation sites (N-methyl/N-ethyl adjacent to an activating group) is 1. The predicted molar refractivity (Wildman–Crippen MR) is 66.9 cm³/mol. The summed E-state index contributed by atoms with van der Waals surface area (Å²) in [5.41, 5.74) is -0.245. The van der Waals surface area contributed by atoms with Gasteiger partial charge in [-0.3, -0.25) is 10.1 Å². The fraction of sp³-hybridized carbons (Fsp3) is 0.600. The normalized spacial score (nSPS) is 12.3. The number of anilines is 1. The summed E-state index contributed by atoms with van der Waals surface area (Å²) in [6.45, 7) is 2.64. The van der Waals surface area contributed by atoms with Crippen LogP contribution >= 0.6 is 0 Å². The fourth-order valence-electron chi connectivity index (χ4n) is 1.61. The monoisotopic (exact) mass is 255 g/mol. The third-order valence-electron chi connectivity index (χ3n) is 2.19. The van der Waals surface area contributed by atoms with E-state index in [-0.39, 0.29) is 23.4 Å². The molecule has 1 N–H and O–H groups in total. The summed E-state index contributed by atoms with van der Waals surface area (Å²) < 4.78 is 4.87. The van der Waals surface area contributed by atoms with Crippen molar-refractivity contribution in [3.8, 4) is 5.88 Å². The number of nitrogens with one attached hydrogen (secondary N) is 1. The van der Waals surface area contributed by atoms with Crippen LogP contribution in [0, 0.1) is 10.1 Å². The Kier molecular flexibility index (Phi) is 4.78. The number of aromatic nitrogens is 2. The first-order valence-corrected chi connectivity index (χ1v) is 5.40. The molecule has 18 heavy (non-hydrogen) atoms. The Hall–Kier alpha value is -1.96. The molecule has 1 aromatic rings. The second kappa shape index (κ2) is 6.10. The van der Waals surface area contributed by atoms with E-state index in [1.54, 1.807) is 0 Å². The average molecular weight is 255 g/mol. The minimum atomic E-state index is -0.552. The lowest BCUT2D eigenvalue weighted by Crippen LogP contribution is -2.30. The molecule has 1 unspecified atom stereocenters. The van der Waals surface area contributed by atoms with Gasteiger partial charge in [0.2, 0.25) is 5.82 Å². The number of nitrogens with zero attached hydrogens (tertiary/aromatic N) is 4. The van der Waals surface area contributed by atoms with Gasteiger partial charge in [-0.25, -0.2) is 4.98 Å². The summed E-state index contributed by atoms with van der Waals surface area (Å²) in [4.78, 5) is 20.0. The Labute approximate surface area is 105 Å². The van der Waals surface area contributed by atoms with Crippen LogP contribution < -0.4 is 10.1 Å². The minimum absolute atomic E-state index is 0.0123. The molecule has 0 saturated carbocycles. The molecule has 1 heterocycles. The van der Waals surface area contributed by atoms with Gasteiger partial charge in [-0.05, 0) is 21.0 Å². The maximum Gasteiger partial charge on any atom is 0.372 e. The second-order valence-electron chi connectivity index (χ2n) is 4.14. The standard InChI is InChI=1S/C10H17N5O3/c1-7(5-14(2)3)13-9-8(15(16)17)10(18-4)12-6-11-9/h6-7H,5H2,1-4H3,(H,11,12,13). The van der Waals surface area contributed by atoms with Gasteiger partial charge in [-0.2, -0.15) is 4.98 Å². The van der Waals surface area contributed by atoms with Crippen LogP contribution in [0.3, 0.4) is 0 Å². The first-order chi connectivity index (χ1) is 8.45. The number of hydrogen-bond donors (Lipinski definition) is 1. The van der Waals surface area contributed by atoms with E-state index in [1.165, 1.54) is 13.4 Å². The number of hydrogen-bond acceptors (Lipinski definition) is 7. The van der Waals surface area contributed by atoms with Crippen molar-refractivity contribution in [3.63, 3.8) is 0 Å². The van der Waals surface area contributed by atoms with Crippen molar-refractivity contribution in [3.05, 3.63) is 16.4 Å². The molecule has 8 nitrogen and oxygen atoms in total. The Morgan fingerprint density at radius 3 is 2.72 bits per heavy atom. The van der Waals surface area contributed by atoms with Crippen LogP contribution in [0.4, 0.5) is 11.5 Å². The average Bonchev–Trinajstić information content (AvgIpc) is 2.26. The number of methoxy groups -OCH3 is 1. The summed E-state index contributed by atoms with van der Waals surface area (Å²) in [6, 6.07) is 0.0123. The molecule has 1 rings (SSSR count). The Morgan fingerprint density at radius 1 is 1.56 bits per heavy atom. The van der Waals surface area contributed by atoms with E-state index in [1.807, 2.05) is 25.9 Å². The highest BCUT2D eigenvalue weighted by atomic mass is 16.6. The van der Waals surface area contributed by atoms with Crippen molar-refractivity contribution in [1.82, 2.24) is 14.9 Å². The quantitative estimate of drug-likeness (QED) is 0.592. The number of nitro groups is 1. The zero-order chi connectivity index (χ0) is 13.7. The van der Waals surface area contributed by atoms with Crippen molar-refractivity contribution < 1.29 is 9.66 Å². The smallest absolute Gasteiger partial charge is 0.372 e. The van der Waals surface area contributed by atoms with Gasteiger partial charge in [-0.15, -0.1) is 0 Å². The molecular weight excluding hydrogens is 238 g/mol. The van der Waals surface area contributed by atoms with Crippen LogP contribution in [0.25, 0.3) is 0 Å². The Bertz CT molecular complexity index is 424. The molecule has 0 saturated heterocycles. The van der Waals surface area contributed by atoms with Crippen molar-refractivity contribution in [2.75, 3.05) is 33.1 Å². The third kappa shape index (κ3) is 3.52. The highest BCUT2D eigenvalue weighted by Gasteiger charge is 2.24. The summed E-state index contributed by atoms with van der Waals surface area (Å²) in [6.07, 6.45) is 1.23. The highest BCUT2D eigenvalue weighted by Crippen LogP contribution is 2.30. The van der Waals surface area contributed by atoms with E-state index in [0.29, 0.717) is 0 Å². The van der Waals surface area contributed by atoms with Crippen LogP contribution in [0.1, 0.15) is 6.92 Å². The summed E-state index contributed by atoms with van der Waals surface area (Å²) in [5.74, 6) is 0.121. The Balaban J connectivity index is 2.98. The van der Waals surface area contributed by atoms with Gasteiger partial charge in [0.05, 0.1) is 12.0 Å². The third-order valence-corrected chi connectivity index (χ3v) is 2.19. The van der Waals surface area contributed by atoms with Gasteiger partial charge < -0.3 is 15.0 Å². The summed E-state index contributed by atoms with van der Waals surface area (Å²) in [5, 5.41) is 14.0. The molecule has 0 aromatic carbocycles. The summed E-state index contributed by atoms with van der Waals surface area (Å²) >= 11 is 0. The molecule has 0 fully saturated rings. The number of ether oxygens (including phenoxy) is 1. The topological polar surface area (TPSA) is 93.4 Å². The van der Waals surface area contributed by atoms with Crippen molar-refractivity contribution in [2.45, 2.75) is 13.0 Å². The van der Waals surface area contributed by atoms with Gasteiger partial charge >= 0.3 is 5.69 Å². The van der Waals surface area contributed by atoms with Crippen molar-refractivity contribution in [2.24, 2.45) is 0 Å². The van der Waals surface area contributed by atoms with Gasteiger partial charge in [-0.1, -0.05) is 0 Å². The van der Waals surface area contributed by atoms with Gasteiger partial charge in [0, 0.05) is 12.6 Å². The number of rotatable bonds is 6. The lowest BCUT2D eigenvalue weighted by atomic mass is 10.3. The van der Waals surface area contributed by atoms with Gasteiger partial charge in [0.25, 0.3) is 5.88 Å². The summed E-state index contributed by atoms with van der Waals surface area (Å²) in [7, 11) is 5.18. The molecular formula is C10H17N5O3. The van der Waals surface area contributed by atoms with E-state index >= 15 is 0 Å². The molecule has 0 spiro atoms. The fourth-order valence-corrected chi connectivity index (χ4v) is 1.61. The van der Waals surface area contributed by atoms with Gasteiger partial charge in [0.15, 0.2) is 0 Å². The highest BCUT2D eigenvalue weighted by molar-refractivity contribution is 5.61. The van der Waals surface area contributed by atoms with Crippen molar-refractivity contribution in [1.29, 1.82) is 0 Å². The van der Waals surface area contributed by atoms with Crippen LogP contribution in [0.5, 0.6) is 5.88 Å². The van der Waals surface area contributed by atoms with Crippen LogP contribution in [-0.2, 0) is 0 Å². The van der Waals surface area contributed by atoms with Crippen LogP contribution in [0.2, 0.25) is 0 Å². The zero-order valence-corrected chi connectivity index (χ0v) is 10.9. The van der Waals surface area contributed by atoms with Crippen LogP contribution in [0.15, 0.2) is 6.33 Å². The first kappa shape index (κ1) is 14.1. The molecule has 0 amide bonds. The lowest BCUT2D eigenvalue weighted by molar-refractivity contribution is -0.385.